The molecule has 1 aromatic heterocycles. The number of para-hydroxylation sites is 2. The number of carbonyl (C=O) groups is 2. The normalized spacial score (nSPS) is 15.0. The summed E-state index contributed by atoms with van der Waals surface area (Å²) in [7, 11) is 1.53. The Kier molecular flexibility index (Phi) is 8.24. The molecule has 0 fully saturated rings. The van der Waals surface area contributed by atoms with Gasteiger partial charge in [-0.1, -0.05) is 41.6 Å². The van der Waals surface area contributed by atoms with Crippen LogP contribution in [0.1, 0.15) is 29.7 Å². The number of hydrogen-bond donors (Lipinski definition) is 3. The number of benzene rings is 2. The van der Waals surface area contributed by atoms with Gasteiger partial charge < -0.3 is 25.1 Å². The van der Waals surface area contributed by atoms with Gasteiger partial charge in [0.25, 0.3) is 5.91 Å². The van der Waals surface area contributed by atoms with Gasteiger partial charge in [-0.25, -0.2) is 0 Å². The van der Waals surface area contributed by atoms with Crippen molar-refractivity contribution in [1.29, 1.82) is 5.26 Å². The van der Waals surface area contributed by atoms with E-state index in [9.17, 15) is 14.9 Å². The summed E-state index contributed by atoms with van der Waals surface area (Å²) in [5.41, 5.74) is 4.51. The number of aryl methyl sites for hydroxylation is 2. The lowest BCUT2D eigenvalue weighted by Crippen LogP contribution is -2.31. The van der Waals surface area contributed by atoms with Crippen molar-refractivity contribution in [1.82, 2.24) is 5.32 Å². The van der Waals surface area contributed by atoms with Crippen LogP contribution in [0.15, 0.2) is 87.1 Å². The highest BCUT2D eigenvalue weighted by atomic mass is 32.2. The first-order chi connectivity index (χ1) is 18.3. The lowest BCUT2D eigenvalue weighted by atomic mass is 9.85. The van der Waals surface area contributed by atoms with Gasteiger partial charge in [0.2, 0.25) is 5.91 Å². The number of anilines is 2. The van der Waals surface area contributed by atoms with E-state index in [0.29, 0.717) is 39.1 Å². The van der Waals surface area contributed by atoms with Crippen molar-refractivity contribution in [2.75, 3.05) is 23.5 Å². The van der Waals surface area contributed by atoms with Crippen LogP contribution in [0.4, 0.5) is 11.4 Å². The molecule has 0 aliphatic carbocycles. The molecule has 2 amide bonds. The highest BCUT2D eigenvalue weighted by Crippen LogP contribution is 2.41. The van der Waals surface area contributed by atoms with Gasteiger partial charge in [-0.05, 0) is 56.7 Å². The van der Waals surface area contributed by atoms with Crippen LogP contribution in [-0.4, -0.2) is 24.7 Å². The molecule has 3 aromatic rings. The Labute approximate surface area is 225 Å². The third-order valence-electron chi connectivity index (χ3n) is 6.08. The zero-order chi connectivity index (χ0) is 27.2. The number of ether oxygens (including phenoxy) is 1. The molecule has 1 aliphatic heterocycles. The number of methoxy groups -OCH3 is 1. The van der Waals surface area contributed by atoms with Crippen molar-refractivity contribution >= 4 is 35.0 Å². The van der Waals surface area contributed by atoms with Crippen LogP contribution >= 0.6 is 11.8 Å². The first-order valence-corrected chi connectivity index (χ1v) is 12.9. The average Bonchev–Trinajstić information content (AvgIpc) is 3.43. The van der Waals surface area contributed by atoms with E-state index in [1.165, 1.54) is 25.1 Å². The number of thioether (sulfide) groups is 1. The Morgan fingerprint density at radius 1 is 1.08 bits per heavy atom. The molecule has 8 nitrogen and oxygen atoms in total. The Hall–Kier alpha value is -4.42. The van der Waals surface area contributed by atoms with Crippen LogP contribution in [0.5, 0.6) is 5.75 Å². The zero-order valence-electron chi connectivity index (χ0n) is 21.5. The molecule has 1 unspecified atom stereocenters. The standard InChI is InChI=1S/C29H28N4O4S/c1-17-11-12-21(18(2)14-17)32-25(34)16-38-29-20(15-30)27(24-10-7-13-37-24)26(19(3)31-29)28(35)33-22-8-5-6-9-23(22)36-4/h5-14,27,31H,16H2,1-4H3,(H,32,34)(H,33,35). The summed E-state index contributed by atoms with van der Waals surface area (Å²) in [6.07, 6.45) is 1.50. The second-order valence-corrected chi connectivity index (χ2v) is 9.76. The largest absolute Gasteiger partial charge is 0.495 e. The van der Waals surface area contributed by atoms with Crippen LogP contribution in [0, 0.1) is 25.2 Å². The monoisotopic (exact) mass is 528 g/mol. The molecule has 4 rings (SSSR count). The summed E-state index contributed by atoms with van der Waals surface area (Å²) in [5, 5.41) is 19.7. The number of carbonyl (C=O) groups excluding carboxylic acids is 2. The minimum atomic E-state index is -0.754. The molecule has 3 N–H and O–H groups in total. The van der Waals surface area contributed by atoms with Crippen molar-refractivity contribution < 1.29 is 18.7 Å². The third kappa shape index (κ3) is 5.76. The van der Waals surface area contributed by atoms with Crippen LogP contribution in [0.3, 0.4) is 0 Å². The highest BCUT2D eigenvalue weighted by Gasteiger charge is 2.36. The van der Waals surface area contributed by atoms with Crippen molar-refractivity contribution in [2.24, 2.45) is 0 Å². The fourth-order valence-electron chi connectivity index (χ4n) is 4.28. The lowest BCUT2D eigenvalue weighted by Gasteiger charge is -2.28. The second kappa shape index (κ2) is 11.8. The number of dihydropyridines is 1. The van der Waals surface area contributed by atoms with Gasteiger partial charge in [-0.15, -0.1) is 0 Å². The number of nitrogens with zero attached hydrogens (tertiary/aromatic N) is 1. The number of hydrogen-bond acceptors (Lipinski definition) is 7. The predicted octanol–water partition coefficient (Wildman–Crippen LogP) is 5.61. The van der Waals surface area contributed by atoms with Crippen molar-refractivity contribution in [2.45, 2.75) is 26.7 Å². The summed E-state index contributed by atoms with van der Waals surface area (Å²) >= 11 is 1.20. The van der Waals surface area contributed by atoms with Crippen molar-refractivity contribution in [3.05, 3.63) is 99.6 Å². The first kappa shape index (κ1) is 26.6. The Bertz CT molecular complexity index is 1470. The predicted molar refractivity (Wildman–Crippen MR) is 149 cm³/mol. The molecule has 0 saturated heterocycles. The van der Waals surface area contributed by atoms with Gasteiger partial charge >= 0.3 is 0 Å². The smallest absolute Gasteiger partial charge is 0.254 e. The maximum absolute atomic E-state index is 13.5. The van der Waals surface area contributed by atoms with Crippen LogP contribution in [0.25, 0.3) is 0 Å². The first-order valence-electron chi connectivity index (χ1n) is 11.9. The summed E-state index contributed by atoms with van der Waals surface area (Å²) in [6.45, 7) is 5.70. The van der Waals surface area contributed by atoms with Crippen molar-refractivity contribution in [3.8, 4) is 11.8 Å². The van der Waals surface area contributed by atoms with Gasteiger partial charge in [-0.3, -0.25) is 9.59 Å². The van der Waals surface area contributed by atoms with E-state index in [-0.39, 0.29) is 11.7 Å². The molecular formula is C29H28N4O4S. The molecule has 0 spiro atoms. The van der Waals surface area contributed by atoms with E-state index < -0.39 is 11.8 Å². The maximum Gasteiger partial charge on any atom is 0.254 e. The Morgan fingerprint density at radius 3 is 2.55 bits per heavy atom. The molecule has 0 radical (unpaired) electrons. The van der Waals surface area contributed by atoms with Crippen LogP contribution < -0.4 is 20.7 Å². The van der Waals surface area contributed by atoms with Gasteiger partial charge in [0.05, 0.1) is 53.0 Å². The summed E-state index contributed by atoms with van der Waals surface area (Å²) in [6, 6.07) is 18.6. The van der Waals surface area contributed by atoms with E-state index in [4.69, 9.17) is 9.15 Å². The number of nitriles is 1. The molecule has 0 bridgehead atoms. The molecule has 1 aliphatic rings. The number of amides is 2. The maximum atomic E-state index is 13.5. The fourth-order valence-corrected chi connectivity index (χ4v) is 5.17. The minimum Gasteiger partial charge on any atom is -0.495 e. The highest BCUT2D eigenvalue weighted by molar-refractivity contribution is 8.03. The Morgan fingerprint density at radius 2 is 1.87 bits per heavy atom. The molecule has 194 valence electrons. The third-order valence-corrected chi connectivity index (χ3v) is 7.10. The molecule has 2 aromatic carbocycles. The summed E-state index contributed by atoms with van der Waals surface area (Å²) in [5.74, 6) is -0.322. The van der Waals surface area contributed by atoms with Gasteiger partial charge in [0.15, 0.2) is 0 Å². The Balaban J connectivity index is 1.59. The molecule has 9 heteroatoms. The van der Waals surface area contributed by atoms with Gasteiger partial charge in [-0.2, -0.15) is 5.26 Å². The van der Waals surface area contributed by atoms with E-state index in [1.54, 1.807) is 37.3 Å². The molecule has 1 atom stereocenters. The molecule has 0 saturated carbocycles. The second-order valence-electron chi connectivity index (χ2n) is 8.78. The van der Waals surface area contributed by atoms with E-state index >= 15 is 0 Å². The number of furan rings is 1. The number of nitrogens with one attached hydrogen (secondary N) is 3. The van der Waals surface area contributed by atoms with Crippen LogP contribution in [0.2, 0.25) is 0 Å². The van der Waals surface area contributed by atoms with Crippen molar-refractivity contribution in [3.63, 3.8) is 0 Å². The van der Waals surface area contributed by atoms with Crippen LogP contribution in [-0.2, 0) is 9.59 Å². The molecular weight excluding hydrogens is 500 g/mol. The van der Waals surface area contributed by atoms with Gasteiger partial charge in [0.1, 0.15) is 11.5 Å². The van der Waals surface area contributed by atoms with E-state index in [1.807, 2.05) is 38.1 Å². The molecule has 38 heavy (non-hydrogen) atoms. The lowest BCUT2D eigenvalue weighted by molar-refractivity contribution is -0.114. The summed E-state index contributed by atoms with van der Waals surface area (Å²) in [4.78, 5) is 26.3. The van der Waals surface area contributed by atoms with E-state index in [2.05, 4.69) is 22.0 Å². The fraction of sp³-hybridized carbons (Fsp3) is 0.207. The van der Waals surface area contributed by atoms with Gasteiger partial charge in [0, 0.05) is 11.4 Å². The topological polar surface area (TPSA) is 116 Å². The summed E-state index contributed by atoms with van der Waals surface area (Å²) < 4.78 is 11.0. The van der Waals surface area contributed by atoms with E-state index in [0.717, 1.165) is 16.8 Å². The molecule has 2 heterocycles. The minimum absolute atomic E-state index is 0.0712. The quantitative estimate of drug-likeness (QED) is 0.348. The SMILES string of the molecule is COc1ccccc1NC(=O)C1=C(C)NC(SCC(=O)Nc2ccc(C)cc2C)=C(C#N)C1c1ccco1. The number of rotatable bonds is 8. The average molecular weight is 529 g/mol. The zero-order valence-corrected chi connectivity index (χ0v) is 22.4. The number of allylic oxidation sites excluding steroid dienone is 2.